The number of rotatable bonds is 1. The zero-order valence-corrected chi connectivity index (χ0v) is 8.11. The molecule has 1 unspecified atom stereocenters. The fourth-order valence-electron chi connectivity index (χ4n) is 1.93. The molecular weight excluding hydrogens is 178 g/mol. The lowest BCUT2D eigenvalue weighted by molar-refractivity contribution is -0.118. The van der Waals surface area contributed by atoms with E-state index in [1.54, 1.807) is 26.1 Å². The molecule has 1 N–H and O–H groups in total. The van der Waals surface area contributed by atoms with Crippen molar-refractivity contribution in [1.29, 1.82) is 0 Å². The second-order valence-electron chi connectivity index (χ2n) is 3.47. The topological polar surface area (TPSA) is 40.5 Å². The number of benzene rings is 1. The molecule has 14 heavy (non-hydrogen) atoms. The molecule has 0 saturated carbocycles. The summed E-state index contributed by atoms with van der Waals surface area (Å²) in [6.07, 6.45) is 0. The van der Waals surface area contributed by atoms with Gasteiger partial charge in [0.25, 0.3) is 0 Å². The minimum absolute atomic E-state index is 0.0771. The van der Waals surface area contributed by atoms with Gasteiger partial charge in [-0.25, -0.2) is 0 Å². The summed E-state index contributed by atoms with van der Waals surface area (Å²) in [5.41, 5.74) is 1.44. The Kier molecular flexibility index (Phi) is 1.55. The van der Waals surface area contributed by atoms with Crippen molar-refractivity contribution in [3.8, 4) is 0 Å². The van der Waals surface area contributed by atoms with Gasteiger partial charge in [0.15, 0.2) is 0 Å². The average molecular weight is 193 g/mol. The van der Waals surface area contributed by atoms with Gasteiger partial charge in [-0.3, -0.25) is 4.79 Å². The van der Waals surface area contributed by atoms with Crippen LogP contribution in [0.1, 0.15) is 26.7 Å². The van der Waals surface area contributed by atoms with Crippen LogP contribution in [0.25, 0.3) is 0 Å². The molecule has 3 heteroatoms. The van der Waals surface area contributed by atoms with Gasteiger partial charge in [-0.15, -0.1) is 0 Å². The molecule has 0 bridgehead atoms. The third-order valence-corrected chi connectivity index (χ3v) is 2.70. The first-order chi connectivity index (χ1) is 7.34. The molecular formula is C11H13NO2. The van der Waals surface area contributed by atoms with Crippen molar-refractivity contribution in [2.75, 3.05) is 11.9 Å². The van der Waals surface area contributed by atoms with Crippen molar-refractivity contribution in [1.82, 2.24) is 0 Å². The van der Waals surface area contributed by atoms with Gasteiger partial charge in [0.1, 0.15) is 0 Å². The van der Waals surface area contributed by atoms with Crippen molar-refractivity contribution < 1.29 is 12.6 Å². The van der Waals surface area contributed by atoms with E-state index in [9.17, 15) is 9.90 Å². The van der Waals surface area contributed by atoms with Crippen molar-refractivity contribution in [2.45, 2.75) is 19.4 Å². The van der Waals surface area contributed by atoms with E-state index in [4.69, 9.17) is 2.74 Å². The van der Waals surface area contributed by atoms with Gasteiger partial charge in [0.05, 0.1) is 15.2 Å². The first-order valence-electron chi connectivity index (χ1n) is 5.47. The number of anilines is 1. The fraction of sp³-hybridized carbons (Fsp3) is 0.364. The highest BCUT2D eigenvalue weighted by Crippen LogP contribution is 2.38. The monoisotopic (exact) mass is 193 g/mol. The SMILES string of the molecule is [2H]C([2H])(O)c1cccc2c1C(C)C(=O)N2C. The molecule has 0 fully saturated rings. The number of hydrogen-bond acceptors (Lipinski definition) is 2. The first kappa shape index (κ1) is 7.01. The second kappa shape index (κ2) is 3.10. The third-order valence-electron chi connectivity index (χ3n) is 2.70. The Morgan fingerprint density at radius 1 is 1.64 bits per heavy atom. The highest BCUT2D eigenvalue weighted by molar-refractivity contribution is 6.04. The second-order valence-corrected chi connectivity index (χ2v) is 3.47. The maximum atomic E-state index is 11.8. The van der Waals surface area contributed by atoms with E-state index < -0.39 is 12.5 Å². The van der Waals surface area contributed by atoms with Crippen LogP contribution in [0.15, 0.2) is 18.2 Å². The standard InChI is InChI=1S/C11H13NO2/c1-7-10-8(6-13)4-3-5-9(10)12(2)11(7)14/h3-5,7,13H,6H2,1-2H3/i6D2. The molecule has 0 spiro atoms. The van der Waals surface area contributed by atoms with Gasteiger partial charge in [-0.1, -0.05) is 12.1 Å². The fourth-order valence-corrected chi connectivity index (χ4v) is 1.93. The number of likely N-dealkylation sites (N-methyl/N-ethyl adjacent to an activating group) is 1. The molecule has 1 amide bonds. The van der Waals surface area contributed by atoms with E-state index in [2.05, 4.69) is 0 Å². The number of amides is 1. The van der Waals surface area contributed by atoms with E-state index in [1.807, 2.05) is 0 Å². The number of hydrogen-bond donors (Lipinski definition) is 1. The number of fused-ring (bicyclic) bond motifs is 1. The van der Waals surface area contributed by atoms with Crippen molar-refractivity contribution in [3.63, 3.8) is 0 Å². The van der Waals surface area contributed by atoms with Crippen molar-refractivity contribution >= 4 is 11.6 Å². The normalized spacial score (nSPS) is 23.2. The molecule has 1 aromatic carbocycles. The lowest BCUT2D eigenvalue weighted by atomic mass is 9.97. The predicted octanol–water partition coefficient (Wildman–Crippen LogP) is 1.26. The maximum absolute atomic E-state index is 11.8. The largest absolute Gasteiger partial charge is 0.392 e. The maximum Gasteiger partial charge on any atom is 0.234 e. The molecule has 2 rings (SSSR count). The predicted molar refractivity (Wildman–Crippen MR) is 54.2 cm³/mol. The summed E-state index contributed by atoms with van der Waals surface area (Å²) in [6.45, 7) is -0.690. The third kappa shape index (κ3) is 1.06. The van der Waals surface area contributed by atoms with Gasteiger partial charge >= 0.3 is 0 Å². The molecule has 1 heterocycles. The molecule has 1 aliphatic heterocycles. The summed E-state index contributed by atoms with van der Waals surface area (Å²) in [5, 5.41) is 9.45. The summed E-state index contributed by atoms with van der Waals surface area (Å²) in [7, 11) is 1.65. The first-order valence-corrected chi connectivity index (χ1v) is 4.47. The van der Waals surface area contributed by atoms with E-state index in [-0.39, 0.29) is 11.5 Å². The zero-order chi connectivity index (χ0) is 12.1. The summed E-state index contributed by atoms with van der Waals surface area (Å²) >= 11 is 0. The molecule has 0 aliphatic carbocycles. The van der Waals surface area contributed by atoms with E-state index in [0.29, 0.717) is 11.3 Å². The molecule has 1 atom stereocenters. The minimum Gasteiger partial charge on any atom is -0.392 e. The highest BCUT2D eigenvalue weighted by atomic mass is 16.3. The van der Waals surface area contributed by atoms with Gasteiger partial charge < -0.3 is 10.0 Å². The van der Waals surface area contributed by atoms with Gasteiger partial charge in [-0.05, 0) is 24.1 Å². The van der Waals surface area contributed by atoms with E-state index in [1.165, 1.54) is 11.0 Å². The van der Waals surface area contributed by atoms with Gasteiger partial charge in [-0.2, -0.15) is 0 Å². The van der Waals surface area contributed by atoms with Crippen LogP contribution >= 0.6 is 0 Å². The van der Waals surface area contributed by atoms with Crippen LogP contribution in [-0.2, 0) is 11.4 Å². The van der Waals surface area contributed by atoms with Crippen LogP contribution < -0.4 is 4.90 Å². The van der Waals surface area contributed by atoms with Crippen molar-refractivity contribution in [2.24, 2.45) is 0 Å². The lowest BCUT2D eigenvalue weighted by Gasteiger charge is -2.10. The quantitative estimate of drug-likeness (QED) is 0.729. The molecule has 0 aromatic heterocycles. The smallest absolute Gasteiger partial charge is 0.234 e. The molecule has 0 saturated heterocycles. The lowest BCUT2D eigenvalue weighted by Crippen LogP contribution is -2.22. The Labute approximate surface area is 85.8 Å². The van der Waals surface area contributed by atoms with Gasteiger partial charge in [0, 0.05) is 12.7 Å². The highest BCUT2D eigenvalue weighted by Gasteiger charge is 2.33. The summed E-state index contributed by atoms with van der Waals surface area (Å²) < 4.78 is 14.7. The zero-order valence-electron chi connectivity index (χ0n) is 10.1. The van der Waals surface area contributed by atoms with Crippen LogP contribution in [-0.4, -0.2) is 18.1 Å². The summed E-state index contributed by atoms with van der Waals surface area (Å²) in [5.74, 6) is -0.481. The number of aliphatic hydroxyl groups is 1. The average Bonchev–Trinajstić information content (AvgIpc) is 2.43. The van der Waals surface area contributed by atoms with Crippen LogP contribution in [0.2, 0.25) is 0 Å². The molecule has 1 aliphatic rings. The number of nitrogens with zero attached hydrogens (tertiary/aromatic N) is 1. The molecule has 3 nitrogen and oxygen atoms in total. The van der Waals surface area contributed by atoms with Gasteiger partial charge in [0.2, 0.25) is 5.91 Å². The Morgan fingerprint density at radius 2 is 2.36 bits per heavy atom. The Morgan fingerprint density at radius 3 is 3.00 bits per heavy atom. The van der Waals surface area contributed by atoms with Crippen LogP contribution in [0.5, 0.6) is 0 Å². The summed E-state index contributed by atoms with van der Waals surface area (Å²) in [6, 6.07) is 4.91. The van der Waals surface area contributed by atoms with Crippen LogP contribution in [0.4, 0.5) is 5.69 Å². The van der Waals surface area contributed by atoms with Crippen molar-refractivity contribution in [3.05, 3.63) is 29.3 Å². The number of carbonyl (C=O) groups is 1. The molecule has 1 aromatic rings. The molecule has 0 radical (unpaired) electrons. The van der Waals surface area contributed by atoms with E-state index >= 15 is 0 Å². The Hall–Kier alpha value is -1.35. The van der Waals surface area contributed by atoms with Crippen LogP contribution in [0.3, 0.4) is 0 Å². The Bertz CT molecular complexity index is 454. The van der Waals surface area contributed by atoms with E-state index in [0.717, 1.165) is 0 Å². The minimum atomic E-state index is -2.41. The summed E-state index contributed by atoms with van der Waals surface area (Å²) in [4.78, 5) is 13.3. The number of carbonyl (C=O) groups excluding carboxylic acids is 1. The van der Waals surface area contributed by atoms with Crippen LogP contribution in [0, 0.1) is 0 Å². The Balaban J connectivity index is 2.67. The molecule has 74 valence electrons.